The van der Waals surface area contributed by atoms with Crippen LogP contribution < -0.4 is 5.56 Å². The molecule has 0 saturated heterocycles. The third-order valence-electron chi connectivity index (χ3n) is 3.99. The van der Waals surface area contributed by atoms with Crippen LogP contribution in [0.4, 0.5) is 0 Å². The van der Waals surface area contributed by atoms with Crippen molar-refractivity contribution in [3.63, 3.8) is 0 Å². The monoisotopic (exact) mass is 357 g/mol. The van der Waals surface area contributed by atoms with Gasteiger partial charge in [-0.2, -0.15) is 0 Å². The normalized spacial score (nSPS) is 12.3. The average Bonchev–Trinajstić information content (AvgIpc) is 2.86. The maximum Gasteiger partial charge on any atom is 0.278 e. The van der Waals surface area contributed by atoms with Gasteiger partial charge in [-0.15, -0.1) is 0 Å². The van der Waals surface area contributed by atoms with Gasteiger partial charge in [-0.05, 0) is 32.2 Å². The maximum absolute atomic E-state index is 12.9. The lowest BCUT2D eigenvalue weighted by Crippen LogP contribution is -2.25. The Morgan fingerprint density at radius 2 is 1.88 bits per heavy atom. The molecule has 0 N–H and O–H groups in total. The van der Waals surface area contributed by atoms with Gasteiger partial charge in [0, 0.05) is 23.3 Å². The van der Waals surface area contributed by atoms with Gasteiger partial charge >= 0.3 is 0 Å². The predicted octanol–water partition coefficient (Wildman–Crippen LogP) is 3.58. The molecule has 0 amide bonds. The molecule has 0 fully saturated rings. The van der Waals surface area contributed by atoms with E-state index in [0.717, 1.165) is 5.69 Å². The van der Waals surface area contributed by atoms with Crippen LogP contribution in [0.15, 0.2) is 34.3 Å². The molecular formula is C18H23N5OS. The lowest BCUT2D eigenvalue weighted by Gasteiger charge is -2.20. The van der Waals surface area contributed by atoms with E-state index in [0.29, 0.717) is 22.0 Å². The number of thioether (sulfide) groups is 1. The summed E-state index contributed by atoms with van der Waals surface area (Å²) in [5, 5.41) is 1.14. The van der Waals surface area contributed by atoms with Crippen LogP contribution in [-0.4, -0.2) is 30.6 Å². The van der Waals surface area contributed by atoms with Gasteiger partial charge in [0.25, 0.3) is 5.56 Å². The lowest BCUT2D eigenvalue weighted by molar-refractivity contribution is 0.468. The first-order valence-electron chi connectivity index (χ1n) is 8.26. The van der Waals surface area contributed by atoms with E-state index in [9.17, 15) is 4.79 Å². The van der Waals surface area contributed by atoms with E-state index in [1.54, 1.807) is 10.9 Å². The summed E-state index contributed by atoms with van der Waals surface area (Å²) in [5.74, 6) is 0.693. The van der Waals surface area contributed by atoms with Crippen LogP contribution in [-0.2, 0) is 5.41 Å². The summed E-state index contributed by atoms with van der Waals surface area (Å²) in [6.45, 7) is 10.3. The van der Waals surface area contributed by atoms with Crippen molar-refractivity contribution in [3.05, 3.63) is 40.4 Å². The Bertz CT molecular complexity index is 981. The number of fused-ring (bicyclic) bond motifs is 1. The van der Waals surface area contributed by atoms with Crippen molar-refractivity contribution in [1.29, 1.82) is 0 Å². The molecule has 0 aliphatic heterocycles. The Morgan fingerprint density at radius 3 is 2.48 bits per heavy atom. The Balaban J connectivity index is 2.38. The van der Waals surface area contributed by atoms with Crippen LogP contribution in [0, 0.1) is 0 Å². The minimum absolute atomic E-state index is 0.0282. The van der Waals surface area contributed by atoms with Crippen molar-refractivity contribution in [2.75, 3.05) is 6.26 Å². The molecule has 25 heavy (non-hydrogen) atoms. The zero-order valence-electron chi connectivity index (χ0n) is 15.4. The van der Waals surface area contributed by atoms with Crippen LogP contribution >= 0.6 is 11.8 Å². The maximum atomic E-state index is 12.9. The van der Waals surface area contributed by atoms with Crippen molar-refractivity contribution in [3.8, 4) is 5.82 Å². The van der Waals surface area contributed by atoms with Gasteiger partial charge in [0.1, 0.15) is 5.39 Å². The predicted molar refractivity (Wildman–Crippen MR) is 102 cm³/mol. The van der Waals surface area contributed by atoms with Crippen molar-refractivity contribution in [2.45, 2.75) is 51.2 Å². The first-order chi connectivity index (χ1) is 11.7. The molecule has 0 spiro atoms. The summed E-state index contributed by atoms with van der Waals surface area (Å²) in [5.41, 5.74) is 1.38. The third-order valence-corrected chi connectivity index (χ3v) is 4.55. The second-order valence-electron chi connectivity index (χ2n) is 7.28. The fraction of sp³-hybridized carbons (Fsp3) is 0.444. The summed E-state index contributed by atoms with van der Waals surface area (Å²) < 4.78 is 3.51. The van der Waals surface area contributed by atoms with Gasteiger partial charge in [-0.3, -0.25) is 4.79 Å². The van der Waals surface area contributed by atoms with Gasteiger partial charge in [0.05, 0.1) is 0 Å². The zero-order valence-corrected chi connectivity index (χ0v) is 16.3. The summed E-state index contributed by atoms with van der Waals surface area (Å²) in [4.78, 5) is 26.5. The molecule has 7 heteroatoms. The van der Waals surface area contributed by atoms with Gasteiger partial charge in [0.2, 0.25) is 0 Å². The third kappa shape index (κ3) is 3.08. The van der Waals surface area contributed by atoms with E-state index >= 15 is 0 Å². The molecule has 0 saturated carbocycles. The second-order valence-corrected chi connectivity index (χ2v) is 8.05. The van der Waals surface area contributed by atoms with Crippen molar-refractivity contribution in [2.24, 2.45) is 0 Å². The van der Waals surface area contributed by atoms with Crippen LogP contribution in [0.1, 0.15) is 46.4 Å². The van der Waals surface area contributed by atoms with Crippen molar-refractivity contribution < 1.29 is 0 Å². The van der Waals surface area contributed by atoms with E-state index < -0.39 is 0 Å². The molecule has 0 aromatic carbocycles. The number of hydrogen-bond acceptors (Lipinski definition) is 5. The topological polar surface area (TPSA) is 65.6 Å². The Morgan fingerprint density at radius 1 is 1.16 bits per heavy atom. The number of rotatable bonds is 3. The molecule has 0 bridgehead atoms. The molecule has 6 nitrogen and oxygen atoms in total. The SMILES string of the molecule is CSc1ncc2c(=O)n(C(C)C)n(-c3cccc(C(C)(C)C)n3)c2n1. The lowest BCUT2D eigenvalue weighted by atomic mass is 9.92. The molecule has 3 aromatic heterocycles. The molecule has 0 unspecified atom stereocenters. The fourth-order valence-electron chi connectivity index (χ4n) is 2.73. The van der Waals surface area contributed by atoms with Gasteiger partial charge in [-0.1, -0.05) is 38.6 Å². The van der Waals surface area contributed by atoms with E-state index in [1.165, 1.54) is 11.8 Å². The Labute approximate surface area is 151 Å². The Kier molecular flexibility index (Phi) is 4.45. The molecule has 3 aromatic rings. The van der Waals surface area contributed by atoms with Crippen LogP contribution in [0.25, 0.3) is 16.9 Å². The highest BCUT2D eigenvalue weighted by molar-refractivity contribution is 7.98. The molecule has 3 heterocycles. The van der Waals surface area contributed by atoms with E-state index in [2.05, 4.69) is 30.7 Å². The van der Waals surface area contributed by atoms with Gasteiger partial charge in [0.15, 0.2) is 16.6 Å². The standard InChI is InChI=1S/C18H23N5OS/c1-11(2)22-16(24)12-10-19-17(25-6)21-15(12)23(22)14-9-7-8-13(20-14)18(3,4)5/h7-11H,1-6H3. The van der Waals surface area contributed by atoms with Crippen LogP contribution in [0.5, 0.6) is 0 Å². The Hall–Kier alpha value is -2.15. The summed E-state index contributed by atoms with van der Waals surface area (Å²) >= 11 is 1.45. The molecule has 0 radical (unpaired) electrons. The number of pyridine rings is 1. The molecule has 3 rings (SSSR count). The largest absolute Gasteiger partial charge is 0.278 e. The summed E-state index contributed by atoms with van der Waals surface area (Å²) in [6, 6.07) is 5.86. The molecule has 0 aliphatic carbocycles. The number of nitrogens with zero attached hydrogens (tertiary/aromatic N) is 5. The highest BCUT2D eigenvalue weighted by Crippen LogP contribution is 2.23. The van der Waals surface area contributed by atoms with Crippen LogP contribution in [0.2, 0.25) is 0 Å². The number of hydrogen-bond donors (Lipinski definition) is 0. The molecular weight excluding hydrogens is 334 g/mol. The minimum atomic E-state index is -0.0967. The zero-order chi connectivity index (χ0) is 18.4. The molecule has 132 valence electrons. The first-order valence-corrected chi connectivity index (χ1v) is 9.48. The highest BCUT2D eigenvalue weighted by Gasteiger charge is 2.21. The number of aromatic nitrogens is 5. The van der Waals surface area contributed by atoms with E-state index in [1.807, 2.05) is 43.0 Å². The van der Waals surface area contributed by atoms with Crippen molar-refractivity contribution >= 4 is 22.8 Å². The first kappa shape index (κ1) is 17.7. The quantitative estimate of drug-likeness (QED) is 0.529. The highest BCUT2D eigenvalue weighted by atomic mass is 32.2. The van der Waals surface area contributed by atoms with Crippen LogP contribution in [0.3, 0.4) is 0 Å². The van der Waals surface area contributed by atoms with E-state index in [4.69, 9.17) is 4.98 Å². The van der Waals surface area contributed by atoms with E-state index in [-0.39, 0.29) is 17.0 Å². The fourth-order valence-corrected chi connectivity index (χ4v) is 3.06. The molecule has 0 aliphatic rings. The minimum Gasteiger partial charge on any atom is -0.267 e. The smallest absolute Gasteiger partial charge is 0.267 e. The van der Waals surface area contributed by atoms with Gasteiger partial charge in [-0.25, -0.2) is 24.3 Å². The second kappa shape index (κ2) is 6.29. The molecule has 0 atom stereocenters. The summed E-state index contributed by atoms with van der Waals surface area (Å²) in [7, 11) is 0. The summed E-state index contributed by atoms with van der Waals surface area (Å²) in [6.07, 6.45) is 3.53. The van der Waals surface area contributed by atoms with Gasteiger partial charge < -0.3 is 0 Å². The van der Waals surface area contributed by atoms with Crippen molar-refractivity contribution in [1.82, 2.24) is 24.3 Å². The average molecular weight is 357 g/mol.